The van der Waals surface area contributed by atoms with Crippen molar-refractivity contribution in [3.05, 3.63) is 29.1 Å². The van der Waals surface area contributed by atoms with Gasteiger partial charge >= 0.3 is 0 Å². The van der Waals surface area contributed by atoms with Crippen LogP contribution in [0.3, 0.4) is 0 Å². The number of rotatable bonds is 1. The van der Waals surface area contributed by atoms with Crippen LogP contribution in [0.15, 0.2) is 6.07 Å². The predicted octanol–water partition coefficient (Wildman–Crippen LogP) is 2.06. The molecule has 0 saturated carbocycles. The molecule has 1 heteroatoms. The summed E-state index contributed by atoms with van der Waals surface area (Å²) in [5.41, 5.74) is 3.76. The zero-order valence-corrected chi connectivity index (χ0v) is 6.73. The van der Waals surface area contributed by atoms with Crippen LogP contribution < -0.4 is 0 Å². The maximum absolute atomic E-state index is 4.06. The Kier molecular flexibility index (Phi) is 2.05. The Hall–Kier alpha value is -0.850. The van der Waals surface area contributed by atoms with Gasteiger partial charge in [-0.05, 0) is 37.5 Å². The predicted molar refractivity (Wildman–Crippen MR) is 41.9 cm³/mol. The molecule has 53 valence electrons. The Bertz CT molecular complexity index is 228. The van der Waals surface area contributed by atoms with Gasteiger partial charge in [-0.1, -0.05) is 6.92 Å². The van der Waals surface area contributed by atoms with E-state index >= 15 is 0 Å². The summed E-state index contributed by atoms with van der Waals surface area (Å²) in [7, 11) is 0. The lowest BCUT2D eigenvalue weighted by Crippen LogP contribution is -1.92. The van der Waals surface area contributed by atoms with E-state index in [0.717, 1.165) is 12.1 Å². The highest BCUT2D eigenvalue weighted by Gasteiger charge is 1.97. The monoisotopic (exact) mass is 134 g/mol. The molecule has 1 rings (SSSR count). The fraction of sp³-hybridized carbons (Fsp3) is 0.444. The highest BCUT2D eigenvalue weighted by molar-refractivity contribution is 5.26. The Morgan fingerprint density at radius 1 is 1.50 bits per heavy atom. The summed E-state index contributed by atoms with van der Waals surface area (Å²) in [6.45, 7) is 6.27. The van der Waals surface area contributed by atoms with Gasteiger partial charge in [-0.3, -0.25) is 4.98 Å². The minimum atomic E-state index is 1.08. The van der Waals surface area contributed by atoms with E-state index in [4.69, 9.17) is 0 Å². The van der Waals surface area contributed by atoms with Crippen molar-refractivity contribution < 1.29 is 0 Å². The van der Waals surface area contributed by atoms with Gasteiger partial charge in [-0.15, -0.1) is 0 Å². The lowest BCUT2D eigenvalue weighted by molar-refractivity contribution is 1.04. The minimum absolute atomic E-state index is 1.08. The average molecular weight is 134 g/mol. The molecule has 1 heterocycles. The number of aryl methyl sites for hydroxylation is 2. The summed E-state index contributed by atoms with van der Waals surface area (Å²) in [5, 5.41) is 0. The van der Waals surface area contributed by atoms with Crippen LogP contribution in [0.5, 0.6) is 0 Å². The van der Waals surface area contributed by atoms with E-state index in [1.807, 2.05) is 13.0 Å². The quantitative estimate of drug-likeness (QED) is 0.573. The third-order valence-electron chi connectivity index (χ3n) is 1.88. The molecule has 0 N–H and O–H groups in total. The second kappa shape index (κ2) is 2.82. The number of aromatic nitrogens is 1. The normalized spacial score (nSPS) is 9.90. The fourth-order valence-corrected chi connectivity index (χ4v) is 0.999. The summed E-state index contributed by atoms with van der Waals surface area (Å²) in [6.07, 6.45) is 3.95. The molecule has 0 aliphatic heterocycles. The highest BCUT2D eigenvalue weighted by atomic mass is 14.7. The Morgan fingerprint density at radius 3 is 2.70 bits per heavy atom. The first kappa shape index (κ1) is 7.26. The molecular weight excluding hydrogens is 122 g/mol. The minimum Gasteiger partial charge on any atom is -0.251 e. The molecule has 0 amide bonds. The van der Waals surface area contributed by atoms with Crippen molar-refractivity contribution in [2.45, 2.75) is 27.2 Å². The summed E-state index contributed by atoms with van der Waals surface area (Å²) in [6, 6.07) is 1.96. The highest BCUT2D eigenvalue weighted by Crippen LogP contribution is 2.09. The average Bonchev–Trinajstić information content (AvgIpc) is 1.95. The van der Waals surface area contributed by atoms with Crippen LogP contribution in [0.25, 0.3) is 0 Å². The first-order chi connectivity index (χ1) is 4.75. The van der Waals surface area contributed by atoms with Crippen LogP contribution in [0.2, 0.25) is 0 Å². The third kappa shape index (κ3) is 1.18. The van der Waals surface area contributed by atoms with E-state index in [0.29, 0.717) is 0 Å². The van der Waals surface area contributed by atoms with Crippen molar-refractivity contribution in [3.8, 4) is 0 Å². The van der Waals surface area contributed by atoms with Crippen molar-refractivity contribution in [2.75, 3.05) is 0 Å². The maximum Gasteiger partial charge on any atom is 0.0892 e. The molecule has 10 heavy (non-hydrogen) atoms. The van der Waals surface area contributed by atoms with E-state index in [-0.39, 0.29) is 0 Å². The summed E-state index contributed by atoms with van der Waals surface area (Å²) >= 11 is 0. The van der Waals surface area contributed by atoms with Crippen molar-refractivity contribution in [2.24, 2.45) is 0 Å². The fourth-order valence-electron chi connectivity index (χ4n) is 0.999. The molecule has 0 unspecified atom stereocenters. The van der Waals surface area contributed by atoms with Gasteiger partial charge < -0.3 is 0 Å². The Balaban J connectivity index is 3.14. The van der Waals surface area contributed by atoms with E-state index in [2.05, 4.69) is 25.0 Å². The molecule has 0 aromatic carbocycles. The van der Waals surface area contributed by atoms with Gasteiger partial charge in [0.05, 0.1) is 6.20 Å². The van der Waals surface area contributed by atoms with Crippen molar-refractivity contribution in [3.63, 3.8) is 0 Å². The SMILES string of the molecule is CCc1c[c]nc(C)c1C. The first-order valence-corrected chi connectivity index (χ1v) is 3.59. The molecule has 1 radical (unpaired) electrons. The Labute approximate surface area is 62.1 Å². The first-order valence-electron chi connectivity index (χ1n) is 3.59. The molecule has 0 fully saturated rings. The lowest BCUT2D eigenvalue weighted by Gasteiger charge is -2.02. The van der Waals surface area contributed by atoms with Gasteiger partial charge in [0, 0.05) is 5.69 Å². The van der Waals surface area contributed by atoms with E-state index < -0.39 is 0 Å². The van der Waals surface area contributed by atoms with E-state index in [1.54, 1.807) is 0 Å². The molecular formula is C9H12N. The van der Waals surface area contributed by atoms with Crippen LogP contribution in [0, 0.1) is 20.0 Å². The molecule has 0 saturated heterocycles. The van der Waals surface area contributed by atoms with Gasteiger partial charge in [0.1, 0.15) is 0 Å². The van der Waals surface area contributed by atoms with Crippen molar-refractivity contribution in [1.82, 2.24) is 4.98 Å². The van der Waals surface area contributed by atoms with Gasteiger partial charge in [-0.25, -0.2) is 0 Å². The van der Waals surface area contributed by atoms with Crippen LogP contribution in [0.4, 0.5) is 0 Å². The van der Waals surface area contributed by atoms with E-state index in [9.17, 15) is 0 Å². The number of hydrogen-bond acceptors (Lipinski definition) is 1. The van der Waals surface area contributed by atoms with Gasteiger partial charge in [0.2, 0.25) is 0 Å². The lowest BCUT2D eigenvalue weighted by atomic mass is 10.1. The third-order valence-corrected chi connectivity index (χ3v) is 1.88. The maximum atomic E-state index is 4.06. The molecule has 0 spiro atoms. The molecule has 1 aromatic rings. The van der Waals surface area contributed by atoms with Crippen LogP contribution >= 0.6 is 0 Å². The van der Waals surface area contributed by atoms with Crippen molar-refractivity contribution in [1.29, 1.82) is 0 Å². The topological polar surface area (TPSA) is 12.9 Å². The van der Waals surface area contributed by atoms with Crippen molar-refractivity contribution >= 4 is 0 Å². The number of pyridine rings is 1. The zero-order chi connectivity index (χ0) is 7.56. The smallest absolute Gasteiger partial charge is 0.0892 e. The standard InChI is InChI=1S/C9H12N/c1-4-9-5-6-10-8(3)7(9)2/h5H,4H2,1-3H3. The van der Waals surface area contributed by atoms with Gasteiger partial charge in [0.15, 0.2) is 0 Å². The second-order valence-corrected chi connectivity index (χ2v) is 2.47. The molecule has 0 aliphatic carbocycles. The molecule has 0 aliphatic rings. The summed E-state index contributed by atoms with van der Waals surface area (Å²) < 4.78 is 0. The van der Waals surface area contributed by atoms with Crippen LogP contribution in [-0.2, 0) is 6.42 Å². The summed E-state index contributed by atoms with van der Waals surface area (Å²) in [4.78, 5) is 4.06. The second-order valence-electron chi connectivity index (χ2n) is 2.47. The van der Waals surface area contributed by atoms with Crippen LogP contribution in [0.1, 0.15) is 23.7 Å². The number of nitrogens with zero attached hydrogens (tertiary/aromatic N) is 1. The molecule has 1 aromatic heterocycles. The molecule has 1 nitrogen and oxygen atoms in total. The van der Waals surface area contributed by atoms with Gasteiger partial charge in [0.25, 0.3) is 0 Å². The zero-order valence-electron chi connectivity index (χ0n) is 6.73. The summed E-state index contributed by atoms with van der Waals surface area (Å²) in [5.74, 6) is 0. The molecule has 0 atom stereocenters. The van der Waals surface area contributed by atoms with E-state index in [1.165, 1.54) is 11.1 Å². The van der Waals surface area contributed by atoms with Gasteiger partial charge in [-0.2, -0.15) is 0 Å². The Morgan fingerprint density at radius 2 is 2.20 bits per heavy atom. The van der Waals surface area contributed by atoms with Crippen LogP contribution in [-0.4, -0.2) is 4.98 Å². The molecule has 0 bridgehead atoms. The largest absolute Gasteiger partial charge is 0.251 e. The number of hydrogen-bond donors (Lipinski definition) is 0.